The zero-order chi connectivity index (χ0) is 5.54. The summed E-state index contributed by atoms with van der Waals surface area (Å²) in [5.74, 6) is 0. The van der Waals surface area contributed by atoms with Crippen LogP contribution in [0.1, 0.15) is 13.3 Å². The van der Waals surface area contributed by atoms with Crippen molar-refractivity contribution >= 4 is 22.6 Å². The highest BCUT2D eigenvalue weighted by atomic mass is 127. The Morgan fingerprint density at radius 3 is 2.57 bits per heavy atom. The molecule has 0 aliphatic heterocycles. The van der Waals surface area contributed by atoms with Crippen LogP contribution in [-0.2, 0) is 0 Å². The second-order valence-corrected chi connectivity index (χ2v) is 2.52. The van der Waals surface area contributed by atoms with Gasteiger partial charge in [0.25, 0.3) is 0 Å². The smallest absolute Gasteiger partial charge is 0.0121 e. The Balaban J connectivity index is 2.45. The van der Waals surface area contributed by atoms with Crippen molar-refractivity contribution in [3.05, 3.63) is 0 Å². The zero-order valence-corrected chi connectivity index (χ0v) is 6.86. The molecule has 1 N–H and O–H groups in total. The predicted molar refractivity (Wildman–Crippen MR) is 42.0 cm³/mol. The highest BCUT2D eigenvalue weighted by molar-refractivity contribution is 14.1. The van der Waals surface area contributed by atoms with E-state index in [4.69, 9.17) is 0 Å². The Bertz CT molecular complexity index is 27.3. The quantitative estimate of drug-likeness (QED) is 0.423. The number of hydrogen-bond acceptors (Lipinski definition) is 1. The Hall–Kier alpha value is 0.690. The van der Waals surface area contributed by atoms with Crippen LogP contribution >= 0.6 is 22.6 Å². The van der Waals surface area contributed by atoms with E-state index in [0.717, 1.165) is 6.54 Å². The summed E-state index contributed by atoms with van der Waals surface area (Å²) in [5.41, 5.74) is 0. The lowest BCUT2D eigenvalue weighted by Crippen LogP contribution is -2.16. The summed E-state index contributed by atoms with van der Waals surface area (Å²) in [6.07, 6.45) is 1.25. The van der Waals surface area contributed by atoms with Crippen molar-refractivity contribution in [3.63, 3.8) is 0 Å². The molecule has 2 heteroatoms. The minimum absolute atomic E-state index is 1.16. The van der Waals surface area contributed by atoms with Crippen LogP contribution < -0.4 is 5.32 Å². The van der Waals surface area contributed by atoms with Gasteiger partial charge in [-0.3, -0.25) is 0 Å². The average Bonchev–Trinajstić information content (AvgIpc) is 1.69. The third kappa shape index (κ3) is 6.69. The van der Waals surface area contributed by atoms with Gasteiger partial charge in [0.15, 0.2) is 0 Å². The first kappa shape index (κ1) is 7.69. The van der Waals surface area contributed by atoms with Gasteiger partial charge in [-0.05, 0) is 13.0 Å². The molecule has 0 saturated carbocycles. The first-order valence-corrected chi connectivity index (χ1v) is 4.21. The van der Waals surface area contributed by atoms with Gasteiger partial charge in [0.1, 0.15) is 0 Å². The summed E-state index contributed by atoms with van der Waals surface area (Å²) in [5, 5.41) is 3.28. The van der Waals surface area contributed by atoms with Crippen LogP contribution in [0.5, 0.6) is 0 Å². The van der Waals surface area contributed by atoms with Gasteiger partial charge in [-0.1, -0.05) is 29.5 Å². The fourth-order valence-electron chi connectivity index (χ4n) is 0.369. The first-order chi connectivity index (χ1) is 3.41. The molecule has 0 amide bonds. The summed E-state index contributed by atoms with van der Waals surface area (Å²) < 4.78 is 1.22. The van der Waals surface area contributed by atoms with Gasteiger partial charge >= 0.3 is 0 Å². The van der Waals surface area contributed by atoms with Crippen LogP contribution in [0.2, 0.25) is 0 Å². The molecule has 0 atom stereocenters. The van der Waals surface area contributed by atoms with Gasteiger partial charge in [0, 0.05) is 11.0 Å². The van der Waals surface area contributed by atoms with Crippen molar-refractivity contribution in [2.45, 2.75) is 13.3 Å². The van der Waals surface area contributed by atoms with E-state index in [1.54, 1.807) is 0 Å². The lowest BCUT2D eigenvalue weighted by Gasteiger charge is -1.94. The molecule has 0 bridgehead atoms. The lowest BCUT2D eigenvalue weighted by atomic mass is 10.5. The molecule has 0 heterocycles. The van der Waals surface area contributed by atoms with Crippen molar-refractivity contribution < 1.29 is 0 Å². The van der Waals surface area contributed by atoms with Crippen LogP contribution in [0.4, 0.5) is 0 Å². The third-order valence-electron chi connectivity index (χ3n) is 0.698. The Morgan fingerprint density at radius 2 is 2.14 bits per heavy atom. The number of hydrogen-bond donors (Lipinski definition) is 1. The molecule has 0 aliphatic carbocycles. The molecule has 1 nitrogen and oxygen atoms in total. The van der Waals surface area contributed by atoms with Crippen LogP contribution in [0.15, 0.2) is 0 Å². The standard InChI is InChI=1S/C5H12IN/c1-2-4-7-5-3-6/h7H,2-5H2,1H3. The highest BCUT2D eigenvalue weighted by Crippen LogP contribution is 1.76. The van der Waals surface area contributed by atoms with E-state index in [0.29, 0.717) is 0 Å². The van der Waals surface area contributed by atoms with Gasteiger partial charge in [-0.2, -0.15) is 0 Å². The van der Waals surface area contributed by atoms with Crippen molar-refractivity contribution in [1.29, 1.82) is 0 Å². The van der Waals surface area contributed by atoms with E-state index >= 15 is 0 Å². The molecule has 0 aromatic heterocycles. The normalized spacial score (nSPS) is 9.43. The average molecular weight is 213 g/mol. The number of rotatable bonds is 4. The Labute approximate surface area is 59.0 Å². The maximum Gasteiger partial charge on any atom is 0.0121 e. The fourth-order valence-corrected chi connectivity index (χ4v) is 0.750. The third-order valence-corrected chi connectivity index (χ3v) is 1.24. The maximum absolute atomic E-state index is 3.28. The molecule has 0 unspecified atom stereocenters. The summed E-state index contributed by atoms with van der Waals surface area (Å²) in [6.45, 7) is 4.51. The van der Waals surface area contributed by atoms with Crippen LogP contribution in [-0.4, -0.2) is 17.5 Å². The molecule has 0 rings (SSSR count). The van der Waals surface area contributed by atoms with Crippen molar-refractivity contribution in [2.24, 2.45) is 0 Å². The lowest BCUT2D eigenvalue weighted by molar-refractivity contribution is 0.711. The molecule has 0 fully saturated rings. The minimum atomic E-state index is 1.16. The summed E-state index contributed by atoms with van der Waals surface area (Å²) in [6, 6.07) is 0. The fraction of sp³-hybridized carbons (Fsp3) is 1.00. The van der Waals surface area contributed by atoms with Crippen molar-refractivity contribution in [1.82, 2.24) is 5.32 Å². The van der Waals surface area contributed by atoms with Gasteiger partial charge in [0.05, 0.1) is 0 Å². The van der Waals surface area contributed by atoms with Crippen LogP contribution in [0.3, 0.4) is 0 Å². The summed E-state index contributed by atoms with van der Waals surface area (Å²) in [7, 11) is 0. The van der Waals surface area contributed by atoms with E-state index in [9.17, 15) is 0 Å². The number of alkyl halides is 1. The molecular formula is C5H12IN. The zero-order valence-electron chi connectivity index (χ0n) is 4.71. The Morgan fingerprint density at radius 1 is 1.43 bits per heavy atom. The minimum Gasteiger partial charge on any atom is -0.316 e. The molecule has 0 aromatic rings. The highest BCUT2D eigenvalue weighted by Gasteiger charge is 1.77. The second kappa shape index (κ2) is 6.69. The molecule has 7 heavy (non-hydrogen) atoms. The van der Waals surface area contributed by atoms with E-state index in [-0.39, 0.29) is 0 Å². The molecule has 0 aliphatic rings. The summed E-state index contributed by atoms with van der Waals surface area (Å²) in [4.78, 5) is 0. The SMILES string of the molecule is CCCNCCI. The van der Waals surface area contributed by atoms with Crippen LogP contribution in [0.25, 0.3) is 0 Å². The van der Waals surface area contributed by atoms with E-state index in [2.05, 4.69) is 34.8 Å². The maximum atomic E-state index is 3.28. The first-order valence-electron chi connectivity index (χ1n) is 2.68. The van der Waals surface area contributed by atoms with E-state index in [1.807, 2.05) is 0 Å². The van der Waals surface area contributed by atoms with E-state index in [1.165, 1.54) is 17.4 Å². The Kier molecular flexibility index (Phi) is 7.35. The molecule has 0 saturated heterocycles. The van der Waals surface area contributed by atoms with Gasteiger partial charge < -0.3 is 5.32 Å². The number of halogens is 1. The topological polar surface area (TPSA) is 12.0 Å². The molecular weight excluding hydrogens is 201 g/mol. The van der Waals surface area contributed by atoms with Gasteiger partial charge in [-0.15, -0.1) is 0 Å². The number of nitrogens with one attached hydrogen (secondary N) is 1. The molecule has 0 aromatic carbocycles. The largest absolute Gasteiger partial charge is 0.316 e. The van der Waals surface area contributed by atoms with Gasteiger partial charge in [0.2, 0.25) is 0 Å². The summed E-state index contributed by atoms with van der Waals surface area (Å²) >= 11 is 2.36. The van der Waals surface area contributed by atoms with Crippen molar-refractivity contribution in [3.8, 4) is 0 Å². The molecule has 44 valence electrons. The van der Waals surface area contributed by atoms with Crippen LogP contribution in [0, 0.1) is 0 Å². The molecule has 0 radical (unpaired) electrons. The van der Waals surface area contributed by atoms with E-state index < -0.39 is 0 Å². The second-order valence-electron chi connectivity index (χ2n) is 1.44. The van der Waals surface area contributed by atoms with Crippen molar-refractivity contribution in [2.75, 3.05) is 17.5 Å². The predicted octanol–water partition coefficient (Wildman–Crippen LogP) is 1.42. The van der Waals surface area contributed by atoms with Gasteiger partial charge in [-0.25, -0.2) is 0 Å². The monoisotopic (exact) mass is 213 g/mol. The molecule has 0 spiro atoms.